The highest BCUT2D eigenvalue weighted by molar-refractivity contribution is 7.92. The predicted molar refractivity (Wildman–Crippen MR) is 112 cm³/mol. The first-order valence-corrected chi connectivity index (χ1v) is 10.7. The molecule has 2 aromatic carbocycles. The molecule has 0 aliphatic carbocycles. The van der Waals surface area contributed by atoms with Crippen LogP contribution < -0.4 is 4.72 Å². The molecule has 0 spiro atoms. The Kier molecular flexibility index (Phi) is 4.55. The number of benzene rings is 2. The second-order valence-corrected chi connectivity index (χ2v) is 9.03. The van der Waals surface area contributed by atoms with Gasteiger partial charge in [-0.05, 0) is 36.6 Å². The topological polar surface area (TPSA) is 76.9 Å². The van der Waals surface area contributed by atoms with Crippen molar-refractivity contribution in [1.29, 1.82) is 0 Å². The monoisotopic (exact) mass is 394 g/mol. The number of pyridine rings is 1. The maximum atomic E-state index is 12.8. The van der Waals surface area contributed by atoms with Gasteiger partial charge in [0, 0.05) is 11.9 Å². The molecule has 0 aliphatic rings. The Hall–Kier alpha value is -2.93. The zero-order valence-electron chi connectivity index (χ0n) is 16.0. The molecule has 7 heteroatoms. The minimum Gasteiger partial charge on any atom is -0.261 e. The molecule has 0 fully saturated rings. The van der Waals surface area contributed by atoms with Gasteiger partial charge in [-0.15, -0.1) is 0 Å². The summed E-state index contributed by atoms with van der Waals surface area (Å²) < 4.78 is 30.1. The number of aromatic nitrogens is 3. The number of nitrogens with zero attached hydrogens (tertiary/aromatic N) is 3. The van der Waals surface area contributed by atoms with Crippen molar-refractivity contribution in [1.82, 2.24) is 14.8 Å². The summed E-state index contributed by atoms with van der Waals surface area (Å²) in [5.74, 6) is 0.645. The van der Waals surface area contributed by atoms with Gasteiger partial charge in [0.05, 0.1) is 15.8 Å². The molecule has 0 bridgehead atoms. The molecule has 2 aromatic heterocycles. The van der Waals surface area contributed by atoms with Crippen LogP contribution in [0.2, 0.25) is 0 Å². The van der Waals surface area contributed by atoms with E-state index < -0.39 is 10.0 Å². The lowest BCUT2D eigenvalue weighted by atomic mass is 10.1. The third-order valence-electron chi connectivity index (χ3n) is 4.57. The standard InChI is InChI=1S/C21H22N4O2S/c1-14(2)13-25-21-18(12-16-9-7-8-15(3)19(16)22-21)20(23-25)24-28(26,27)17-10-5-4-6-11-17/h4-12,14H,13H2,1-3H3,(H,23,24). The van der Waals surface area contributed by atoms with Gasteiger partial charge in [-0.3, -0.25) is 4.72 Å². The van der Waals surface area contributed by atoms with E-state index >= 15 is 0 Å². The second kappa shape index (κ2) is 6.91. The van der Waals surface area contributed by atoms with Crippen LogP contribution in [-0.4, -0.2) is 23.2 Å². The first-order valence-electron chi connectivity index (χ1n) is 9.20. The summed E-state index contributed by atoms with van der Waals surface area (Å²) in [5, 5.41) is 6.20. The minimum atomic E-state index is -3.73. The molecule has 6 nitrogen and oxygen atoms in total. The summed E-state index contributed by atoms with van der Waals surface area (Å²) in [7, 11) is -3.73. The smallest absolute Gasteiger partial charge is 0.261 e. The first kappa shape index (κ1) is 18.4. The maximum absolute atomic E-state index is 12.8. The van der Waals surface area contributed by atoms with Crippen LogP contribution >= 0.6 is 0 Å². The lowest BCUT2D eigenvalue weighted by molar-refractivity contribution is 0.494. The number of anilines is 1. The summed E-state index contributed by atoms with van der Waals surface area (Å²) in [6, 6.07) is 16.2. The van der Waals surface area contributed by atoms with Gasteiger partial charge in [-0.1, -0.05) is 50.2 Å². The van der Waals surface area contributed by atoms with Crippen molar-refractivity contribution < 1.29 is 8.42 Å². The second-order valence-electron chi connectivity index (χ2n) is 7.35. The van der Waals surface area contributed by atoms with Crippen LogP contribution in [0.15, 0.2) is 59.5 Å². The van der Waals surface area contributed by atoms with Gasteiger partial charge in [0.25, 0.3) is 10.0 Å². The third-order valence-corrected chi connectivity index (χ3v) is 5.93. The third kappa shape index (κ3) is 3.33. The SMILES string of the molecule is Cc1cccc2cc3c(NS(=O)(=O)c4ccccc4)nn(CC(C)C)c3nc12. The number of fused-ring (bicyclic) bond motifs is 2. The summed E-state index contributed by atoms with van der Waals surface area (Å²) >= 11 is 0. The molecule has 28 heavy (non-hydrogen) atoms. The van der Waals surface area contributed by atoms with E-state index in [1.54, 1.807) is 35.0 Å². The van der Waals surface area contributed by atoms with Crippen LogP contribution in [0.4, 0.5) is 5.82 Å². The number of rotatable bonds is 5. The molecule has 0 amide bonds. The molecule has 0 atom stereocenters. The van der Waals surface area contributed by atoms with Gasteiger partial charge >= 0.3 is 0 Å². The molecule has 4 aromatic rings. The average molecular weight is 395 g/mol. The van der Waals surface area contributed by atoms with Crippen molar-refractivity contribution in [2.24, 2.45) is 5.92 Å². The van der Waals surface area contributed by atoms with Gasteiger partial charge in [0.15, 0.2) is 11.5 Å². The van der Waals surface area contributed by atoms with E-state index in [-0.39, 0.29) is 4.90 Å². The van der Waals surface area contributed by atoms with Crippen molar-refractivity contribution in [3.05, 3.63) is 60.2 Å². The summed E-state index contributed by atoms with van der Waals surface area (Å²) in [6.45, 7) is 6.85. The quantitative estimate of drug-likeness (QED) is 0.546. The predicted octanol–water partition coefficient (Wildman–Crippen LogP) is 4.35. The van der Waals surface area contributed by atoms with Crippen molar-refractivity contribution >= 4 is 37.8 Å². The van der Waals surface area contributed by atoms with E-state index in [4.69, 9.17) is 4.98 Å². The van der Waals surface area contributed by atoms with E-state index in [2.05, 4.69) is 23.7 Å². The molecule has 2 heterocycles. The Labute approximate surface area is 164 Å². The summed E-state index contributed by atoms with van der Waals surface area (Å²) in [6.07, 6.45) is 0. The Morgan fingerprint density at radius 2 is 1.82 bits per heavy atom. The molecule has 0 saturated carbocycles. The molecule has 0 aliphatic heterocycles. The van der Waals surface area contributed by atoms with E-state index in [9.17, 15) is 8.42 Å². The highest BCUT2D eigenvalue weighted by Gasteiger charge is 2.20. The first-order chi connectivity index (χ1) is 13.3. The lowest BCUT2D eigenvalue weighted by Gasteiger charge is -2.06. The zero-order chi connectivity index (χ0) is 19.9. The molecule has 144 valence electrons. The molecule has 0 unspecified atom stereocenters. The van der Waals surface area contributed by atoms with Crippen molar-refractivity contribution in [2.75, 3.05) is 4.72 Å². The molecule has 1 N–H and O–H groups in total. The fourth-order valence-corrected chi connectivity index (χ4v) is 4.30. The highest BCUT2D eigenvalue weighted by atomic mass is 32.2. The number of hydrogen-bond acceptors (Lipinski definition) is 4. The summed E-state index contributed by atoms with van der Waals surface area (Å²) in [4.78, 5) is 5.02. The Morgan fingerprint density at radius 1 is 1.07 bits per heavy atom. The molecule has 4 rings (SSSR count). The van der Waals surface area contributed by atoms with E-state index in [1.165, 1.54) is 0 Å². The van der Waals surface area contributed by atoms with Gasteiger partial charge in [0.2, 0.25) is 0 Å². The van der Waals surface area contributed by atoms with E-state index in [0.717, 1.165) is 16.5 Å². The van der Waals surface area contributed by atoms with Crippen LogP contribution in [0.3, 0.4) is 0 Å². The van der Waals surface area contributed by atoms with E-state index in [0.29, 0.717) is 29.3 Å². The van der Waals surface area contributed by atoms with Crippen LogP contribution in [0.5, 0.6) is 0 Å². The Morgan fingerprint density at radius 3 is 2.54 bits per heavy atom. The highest BCUT2D eigenvalue weighted by Crippen LogP contribution is 2.29. The molecule has 0 radical (unpaired) electrons. The maximum Gasteiger partial charge on any atom is 0.263 e. The number of para-hydroxylation sites is 1. The fraction of sp³-hybridized carbons (Fsp3) is 0.238. The van der Waals surface area contributed by atoms with Crippen molar-refractivity contribution in [3.63, 3.8) is 0 Å². The van der Waals surface area contributed by atoms with Gasteiger partial charge < -0.3 is 0 Å². The van der Waals surface area contributed by atoms with E-state index in [1.807, 2.05) is 31.2 Å². The largest absolute Gasteiger partial charge is 0.263 e. The number of nitrogens with one attached hydrogen (secondary N) is 1. The van der Waals surface area contributed by atoms with Crippen molar-refractivity contribution in [2.45, 2.75) is 32.2 Å². The van der Waals surface area contributed by atoms with Crippen LogP contribution in [0.25, 0.3) is 21.9 Å². The van der Waals surface area contributed by atoms with Crippen LogP contribution in [0.1, 0.15) is 19.4 Å². The van der Waals surface area contributed by atoms with Gasteiger partial charge in [0.1, 0.15) is 0 Å². The fourth-order valence-electron chi connectivity index (χ4n) is 3.26. The Balaban J connectivity index is 1.90. The van der Waals surface area contributed by atoms with Gasteiger partial charge in [-0.25, -0.2) is 18.1 Å². The molecular formula is C21H22N4O2S. The average Bonchev–Trinajstić information content (AvgIpc) is 2.97. The molecular weight excluding hydrogens is 372 g/mol. The number of hydrogen-bond donors (Lipinski definition) is 1. The summed E-state index contributed by atoms with van der Waals surface area (Å²) in [5.41, 5.74) is 2.65. The van der Waals surface area contributed by atoms with Gasteiger partial charge in [-0.2, -0.15) is 5.10 Å². The number of aryl methyl sites for hydroxylation is 1. The normalized spacial score (nSPS) is 12.1. The lowest BCUT2D eigenvalue weighted by Crippen LogP contribution is -2.14. The minimum absolute atomic E-state index is 0.200. The number of sulfonamides is 1. The zero-order valence-corrected chi connectivity index (χ0v) is 16.9. The van der Waals surface area contributed by atoms with Crippen LogP contribution in [-0.2, 0) is 16.6 Å². The van der Waals surface area contributed by atoms with Crippen LogP contribution in [0, 0.1) is 12.8 Å². The molecule has 0 saturated heterocycles. The Bertz CT molecular complexity index is 1260. The van der Waals surface area contributed by atoms with Crippen molar-refractivity contribution in [3.8, 4) is 0 Å².